The molecule has 0 spiro atoms. The van der Waals surface area contributed by atoms with Gasteiger partial charge in [-0.05, 0) is 48.7 Å². The number of halogens is 1. The molecule has 0 N–H and O–H groups in total. The molecule has 3 aromatic rings. The number of thiazole rings is 1. The highest BCUT2D eigenvalue weighted by Gasteiger charge is 2.13. The molecule has 0 aliphatic carbocycles. The maximum atomic E-state index is 13.0. The number of rotatable bonds is 6. The molecule has 28 heavy (non-hydrogen) atoms. The minimum atomic E-state index is -0.380. The molecule has 1 heterocycles. The summed E-state index contributed by atoms with van der Waals surface area (Å²) in [5, 5.41) is 0. The van der Waals surface area contributed by atoms with Crippen molar-refractivity contribution in [1.29, 1.82) is 0 Å². The minimum absolute atomic E-state index is 0.0119. The number of amides is 1. The SMILES string of the molecule is CCOC(=O)Cn1c(=NC(=O)Cc2ccc(F)cc2)sc2cc(CC)ccc21. The van der Waals surface area contributed by atoms with Crippen LogP contribution >= 0.6 is 11.3 Å². The van der Waals surface area contributed by atoms with Crippen molar-refractivity contribution in [1.82, 2.24) is 4.57 Å². The molecule has 5 nitrogen and oxygen atoms in total. The highest BCUT2D eigenvalue weighted by molar-refractivity contribution is 7.16. The average molecular weight is 400 g/mol. The van der Waals surface area contributed by atoms with Crippen molar-refractivity contribution >= 4 is 33.4 Å². The normalized spacial score (nSPS) is 11.8. The summed E-state index contributed by atoms with van der Waals surface area (Å²) in [6.45, 7) is 4.09. The Morgan fingerprint density at radius 3 is 2.50 bits per heavy atom. The van der Waals surface area contributed by atoms with Gasteiger partial charge >= 0.3 is 5.97 Å². The predicted octanol–water partition coefficient (Wildman–Crippen LogP) is 3.64. The number of ether oxygens (including phenoxy) is 1. The number of carbonyl (C=O) groups is 2. The lowest BCUT2D eigenvalue weighted by Gasteiger charge is -2.05. The lowest BCUT2D eigenvalue weighted by atomic mass is 10.1. The van der Waals surface area contributed by atoms with Gasteiger partial charge < -0.3 is 9.30 Å². The van der Waals surface area contributed by atoms with Crippen LogP contribution in [0.4, 0.5) is 4.39 Å². The van der Waals surface area contributed by atoms with E-state index in [1.807, 2.05) is 18.2 Å². The molecular weight excluding hydrogens is 379 g/mol. The third-order valence-electron chi connectivity index (χ3n) is 4.24. The smallest absolute Gasteiger partial charge is 0.326 e. The summed E-state index contributed by atoms with van der Waals surface area (Å²) in [5.41, 5.74) is 2.69. The molecule has 0 saturated heterocycles. The maximum absolute atomic E-state index is 13.0. The summed E-state index contributed by atoms with van der Waals surface area (Å²) in [5.74, 6) is -1.09. The summed E-state index contributed by atoms with van der Waals surface area (Å²) in [6, 6.07) is 11.7. The highest BCUT2D eigenvalue weighted by Crippen LogP contribution is 2.20. The average Bonchev–Trinajstić information content (AvgIpc) is 2.99. The van der Waals surface area contributed by atoms with Crippen LogP contribution in [0.15, 0.2) is 47.5 Å². The van der Waals surface area contributed by atoms with Gasteiger partial charge in [-0.25, -0.2) is 4.39 Å². The molecule has 3 rings (SSSR count). The van der Waals surface area contributed by atoms with Crippen LogP contribution in [0.3, 0.4) is 0 Å². The minimum Gasteiger partial charge on any atom is -0.465 e. The Morgan fingerprint density at radius 2 is 1.82 bits per heavy atom. The first kappa shape index (κ1) is 19.9. The Labute approximate surface area is 166 Å². The van der Waals surface area contributed by atoms with Crippen LogP contribution in [0.1, 0.15) is 25.0 Å². The van der Waals surface area contributed by atoms with E-state index in [-0.39, 0.29) is 37.3 Å². The first-order chi connectivity index (χ1) is 13.5. The van der Waals surface area contributed by atoms with Crippen LogP contribution in [0.2, 0.25) is 0 Å². The van der Waals surface area contributed by atoms with Gasteiger partial charge in [0.15, 0.2) is 4.80 Å². The van der Waals surface area contributed by atoms with E-state index in [0.717, 1.165) is 16.6 Å². The molecule has 0 fully saturated rings. The van der Waals surface area contributed by atoms with E-state index in [4.69, 9.17) is 4.74 Å². The van der Waals surface area contributed by atoms with Gasteiger partial charge in [0.2, 0.25) is 0 Å². The number of aryl methyl sites for hydroxylation is 1. The Balaban J connectivity index is 1.99. The van der Waals surface area contributed by atoms with Crippen LogP contribution in [-0.4, -0.2) is 23.1 Å². The Morgan fingerprint density at radius 1 is 1.11 bits per heavy atom. The van der Waals surface area contributed by atoms with E-state index in [2.05, 4.69) is 11.9 Å². The summed E-state index contributed by atoms with van der Waals surface area (Å²) >= 11 is 1.36. The Bertz CT molecular complexity index is 1070. The number of aromatic nitrogens is 1. The van der Waals surface area contributed by atoms with E-state index < -0.39 is 0 Å². The highest BCUT2D eigenvalue weighted by atomic mass is 32.1. The summed E-state index contributed by atoms with van der Waals surface area (Å²) in [4.78, 5) is 29.2. The molecule has 0 unspecified atom stereocenters. The first-order valence-electron chi connectivity index (χ1n) is 9.10. The lowest BCUT2D eigenvalue weighted by Crippen LogP contribution is -2.23. The number of esters is 1. The molecule has 0 atom stereocenters. The van der Waals surface area contributed by atoms with Crippen LogP contribution in [-0.2, 0) is 33.7 Å². The summed E-state index contributed by atoms with van der Waals surface area (Å²) in [6.07, 6.45) is 0.954. The van der Waals surface area contributed by atoms with Crippen molar-refractivity contribution in [2.75, 3.05) is 6.61 Å². The third kappa shape index (κ3) is 4.72. The zero-order chi connectivity index (χ0) is 20.1. The molecule has 0 bridgehead atoms. The number of hydrogen-bond acceptors (Lipinski definition) is 4. The Kier molecular flexibility index (Phi) is 6.36. The van der Waals surface area contributed by atoms with E-state index in [9.17, 15) is 14.0 Å². The van der Waals surface area contributed by atoms with Gasteiger partial charge in [-0.1, -0.05) is 36.5 Å². The maximum Gasteiger partial charge on any atom is 0.326 e. The molecule has 0 radical (unpaired) electrons. The van der Waals surface area contributed by atoms with Crippen LogP contribution in [0, 0.1) is 5.82 Å². The summed E-state index contributed by atoms with van der Waals surface area (Å²) in [7, 11) is 0. The van der Waals surface area contributed by atoms with Crippen LogP contribution < -0.4 is 4.80 Å². The molecule has 146 valence electrons. The third-order valence-corrected chi connectivity index (χ3v) is 5.28. The predicted molar refractivity (Wildman–Crippen MR) is 107 cm³/mol. The van der Waals surface area contributed by atoms with Crippen molar-refractivity contribution in [2.24, 2.45) is 4.99 Å². The molecule has 7 heteroatoms. The standard InChI is InChI=1S/C21H21FN2O3S/c1-3-14-7-10-17-18(11-14)28-21(24(17)13-20(26)27-4-2)23-19(25)12-15-5-8-16(22)9-6-15/h5-11H,3-4,12-13H2,1-2H3. The lowest BCUT2D eigenvalue weighted by molar-refractivity contribution is -0.143. The molecule has 0 aliphatic rings. The molecule has 0 aliphatic heterocycles. The molecule has 1 amide bonds. The number of benzene rings is 2. The van der Waals surface area contributed by atoms with E-state index in [0.29, 0.717) is 10.4 Å². The molecule has 2 aromatic carbocycles. The largest absolute Gasteiger partial charge is 0.465 e. The van der Waals surface area contributed by atoms with Crippen molar-refractivity contribution in [2.45, 2.75) is 33.2 Å². The van der Waals surface area contributed by atoms with Crippen molar-refractivity contribution in [3.63, 3.8) is 0 Å². The van der Waals surface area contributed by atoms with Crippen molar-refractivity contribution in [3.8, 4) is 0 Å². The van der Waals surface area contributed by atoms with Gasteiger partial charge in [0.25, 0.3) is 5.91 Å². The molecule has 1 aromatic heterocycles. The Hall–Kier alpha value is -2.80. The zero-order valence-corrected chi connectivity index (χ0v) is 16.6. The zero-order valence-electron chi connectivity index (χ0n) is 15.8. The van der Waals surface area contributed by atoms with Crippen molar-refractivity contribution in [3.05, 3.63) is 64.2 Å². The van der Waals surface area contributed by atoms with Gasteiger partial charge in [-0.15, -0.1) is 0 Å². The van der Waals surface area contributed by atoms with Gasteiger partial charge in [0.1, 0.15) is 12.4 Å². The van der Waals surface area contributed by atoms with Gasteiger partial charge in [-0.3, -0.25) is 9.59 Å². The van der Waals surface area contributed by atoms with E-state index >= 15 is 0 Å². The molecule has 0 saturated carbocycles. The second-order valence-electron chi connectivity index (χ2n) is 6.24. The van der Waals surface area contributed by atoms with Gasteiger partial charge in [0, 0.05) is 0 Å². The van der Waals surface area contributed by atoms with Crippen LogP contribution in [0.5, 0.6) is 0 Å². The second kappa shape index (κ2) is 8.93. The fourth-order valence-electron chi connectivity index (χ4n) is 2.83. The number of nitrogens with zero attached hydrogens (tertiary/aromatic N) is 2. The van der Waals surface area contributed by atoms with E-state index in [1.54, 1.807) is 23.6 Å². The van der Waals surface area contributed by atoms with Crippen LogP contribution in [0.25, 0.3) is 10.2 Å². The van der Waals surface area contributed by atoms with E-state index in [1.165, 1.54) is 29.0 Å². The number of fused-ring (bicyclic) bond motifs is 1. The van der Waals surface area contributed by atoms with Crippen molar-refractivity contribution < 1.29 is 18.7 Å². The quantitative estimate of drug-likeness (QED) is 0.594. The fourth-order valence-corrected chi connectivity index (χ4v) is 3.94. The first-order valence-corrected chi connectivity index (χ1v) is 9.91. The number of hydrogen-bond donors (Lipinski definition) is 0. The fraction of sp³-hybridized carbons (Fsp3) is 0.286. The summed E-state index contributed by atoms with van der Waals surface area (Å²) < 4.78 is 20.8. The number of carbonyl (C=O) groups excluding carboxylic acids is 2. The second-order valence-corrected chi connectivity index (χ2v) is 7.25. The van der Waals surface area contributed by atoms with Gasteiger partial charge in [-0.2, -0.15) is 4.99 Å². The molecular formula is C21H21FN2O3S. The van der Waals surface area contributed by atoms with Gasteiger partial charge in [0.05, 0.1) is 23.2 Å². The monoisotopic (exact) mass is 400 g/mol. The topological polar surface area (TPSA) is 60.7 Å².